The molecule has 1 aliphatic rings. The Morgan fingerprint density at radius 2 is 1.32 bits per heavy atom. The Hall–Kier alpha value is -2.04. The molecule has 0 heterocycles. The van der Waals surface area contributed by atoms with E-state index in [2.05, 4.69) is 17.6 Å². The lowest BCUT2D eigenvalue weighted by Gasteiger charge is -2.09. The zero-order valence-corrected chi connectivity index (χ0v) is 21.5. The number of hydrogen-bond donors (Lipinski definition) is 2. The minimum atomic E-state index is -0.438. The summed E-state index contributed by atoms with van der Waals surface area (Å²) in [5.74, 6) is 0.635. The molecule has 1 aromatic carbocycles. The van der Waals surface area contributed by atoms with E-state index in [0.717, 1.165) is 25.7 Å². The second-order valence-electron chi connectivity index (χ2n) is 9.91. The van der Waals surface area contributed by atoms with Crippen LogP contribution in [0, 0.1) is 5.92 Å². The molecular weight excluding hydrogens is 424 g/mol. The van der Waals surface area contributed by atoms with Crippen molar-refractivity contribution in [2.45, 2.75) is 122 Å². The molecule has 1 fully saturated rings. The van der Waals surface area contributed by atoms with E-state index in [-0.39, 0.29) is 11.8 Å². The molecule has 0 spiro atoms. The summed E-state index contributed by atoms with van der Waals surface area (Å²) in [7, 11) is 0. The molecule has 0 aromatic heterocycles. The SMILES string of the molecule is CCCCCCCCCCCCCCCCCCNC(=O)Oc1cccc(NC(=O)C2CC2)c1. The van der Waals surface area contributed by atoms with E-state index in [1.807, 2.05) is 6.07 Å². The van der Waals surface area contributed by atoms with Crippen molar-refractivity contribution in [1.82, 2.24) is 5.32 Å². The molecule has 2 N–H and O–H groups in total. The molecule has 1 saturated carbocycles. The maximum Gasteiger partial charge on any atom is 0.412 e. The molecule has 0 atom stereocenters. The van der Waals surface area contributed by atoms with Crippen molar-refractivity contribution in [2.24, 2.45) is 5.92 Å². The first kappa shape index (κ1) is 28.2. The summed E-state index contributed by atoms with van der Waals surface area (Å²) in [6, 6.07) is 7.00. The summed E-state index contributed by atoms with van der Waals surface area (Å²) in [5.41, 5.74) is 0.667. The van der Waals surface area contributed by atoms with Crippen LogP contribution in [0.15, 0.2) is 24.3 Å². The first-order chi connectivity index (χ1) is 16.7. The summed E-state index contributed by atoms with van der Waals surface area (Å²) < 4.78 is 5.34. The molecule has 0 aliphatic heterocycles. The fourth-order valence-corrected chi connectivity index (χ4v) is 4.23. The van der Waals surface area contributed by atoms with Gasteiger partial charge in [0.15, 0.2) is 0 Å². The molecule has 5 nitrogen and oxygen atoms in total. The van der Waals surface area contributed by atoms with Gasteiger partial charge in [-0.25, -0.2) is 4.79 Å². The molecule has 2 amide bonds. The molecule has 192 valence electrons. The van der Waals surface area contributed by atoms with Crippen molar-refractivity contribution < 1.29 is 14.3 Å². The smallest absolute Gasteiger partial charge is 0.410 e. The van der Waals surface area contributed by atoms with Crippen molar-refractivity contribution in [2.75, 3.05) is 11.9 Å². The highest BCUT2D eigenvalue weighted by Gasteiger charge is 2.29. The molecule has 0 unspecified atom stereocenters. The van der Waals surface area contributed by atoms with Gasteiger partial charge in [-0.15, -0.1) is 0 Å². The average molecular weight is 473 g/mol. The summed E-state index contributed by atoms with van der Waals surface area (Å²) in [5, 5.41) is 5.69. The molecule has 5 heteroatoms. The van der Waals surface area contributed by atoms with Crippen LogP contribution in [0.1, 0.15) is 122 Å². The molecule has 0 saturated heterocycles. The minimum Gasteiger partial charge on any atom is -0.410 e. The van der Waals surface area contributed by atoms with E-state index in [0.29, 0.717) is 18.0 Å². The highest BCUT2D eigenvalue weighted by molar-refractivity contribution is 5.94. The van der Waals surface area contributed by atoms with Crippen molar-refractivity contribution in [3.8, 4) is 5.75 Å². The molecule has 1 aliphatic carbocycles. The van der Waals surface area contributed by atoms with Gasteiger partial charge in [0.2, 0.25) is 5.91 Å². The van der Waals surface area contributed by atoms with Gasteiger partial charge in [0.05, 0.1) is 0 Å². The Morgan fingerprint density at radius 1 is 0.794 bits per heavy atom. The van der Waals surface area contributed by atoms with Crippen LogP contribution in [0.5, 0.6) is 5.75 Å². The van der Waals surface area contributed by atoms with Crippen LogP contribution in [-0.2, 0) is 4.79 Å². The fourth-order valence-electron chi connectivity index (χ4n) is 4.23. The third-order valence-electron chi connectivity index (χ3n) is 6.56. The maximum atomic E-state index is 12.0. The number of rotatable bonds is 20. The van der Waals surface area contributed by atoms with Gasteiger partial charge in [-0.05, 0) is 31.4 Å². The normalized spacial score (nSPS) is 13.0. The van der Waals surface area contributed by atoms with Gasteiger partial charge >= 0.3 is 6.09 Å². The number of ether oxygens (including phenoxy) is 1. The highest BCUT2D eigenvalue weighted by atomic mass is 16.6. The third kappa shape index (κ3) is 14.3. The Balaban J connectivity index is 1.36. The van der Waals surface area contributed by atoms with Crippen LogP contribution in [0.2, 0.25) is 0 Å². The van der Waals surface area contributed by atoms with Gasteiger partial charge in [0, 0.05) is 24.2 Å². The average Bonchev–Trinajstić information content (AvgIpc) is 3.67. The molecular formula is C29H48N2O3. The van der Waals surface area contributed by atoms with Crippen LogP contribution in [0.3, 0.4) is 0 Å². The zero-order chi connectivity index (χ0) is 24.3. The number of carbonyl (C=O) groups excluding carboxylic acids is 2. The molecule has 1 aromatic rings. The number of benzene rings is 1. The van der Waals surface area contributed by atoms with Crippen LogP contribution in [0.4, 0.5) is 10.5 Å². The van der Waals surface area contributed by atoms with Crippen molar-refractivity contribution in [1.29, 1.82) is 0 Å². The number of amides is 2. The standard InChI is InChI=1S/C29H48N2O3/c1-2-3-4-5-6-7-8-9-10-11-12-13-14-15-16-17-23-30-29(33)34-27-20-18-19-26(24-27)31-28(32)25-21-22-25/h18-20,24-25H,2-17,21-23H2,1H3,(H,30,33)(H,31,32). The first-order valence-electron chi connectivity index (χ1n) is 14.1. The Kier molecular flexibility index (Phi) is 15.2. The lowest BCUT2D eigenvalue weighted by atomic mass is 10.0. The molecule has 0 radical (unpaired) electrons. The predicted octanol–water partition coefficient (Wildman–Crippen LogP) is 8.39. The Bertz CT molecular complexity index is 688. The monoisotopic (exact) mass is 472 g/mol. The summed E-state index contributed by atoms with van der Waals surface area (Å²) in [4.78, 5) is 23.9. The third-order valence-corrected chi connectivity index (χ3v) is 6.56. The number of anilines is 1. The van der Waals surface area contributed by atoms with E-state index < -0.39 is 6.09 Å². The number of nitrogens with one attached hydrogen (secondary N) is 2. The van der Waals surface area contributed by atoms with Gasteiger partial charge < -0.3 is 15.4 Å². The van der Waals surface area contributed by atoms with Crippen LogP contribution < -0.4 is 15.4 Å². The van der Waals surface area contributed by atoms with E-state index in [9.17, 15) is 9.59 Å². The number of unbranched alkanes of at least 4 members (excludes halogenated alkanes) is 15. The zero-order valence-electron chi connectivity index (χ0n) is 21.5. The quantitative estimate of drug-likeness (QED) is 0.187. The van der Waals surface area contributed by atoms with E-state index in [1.165, 1.54) is 89.9 Å². The van der Waals surface area contributed by atoms with Gasteiger partial charge in [-0.3, -0.25) is 4.79 Å². The number of carbonyl (C=O) groups is 2. The van der Waals surface area contributed by atoms with Gasteiger partial charge in [0.25, 0.3) is 0 Å². The van der Waals surface area contributed by atoms with Gasteiger partial charge in [-0.2, -0.15) is 0 Å². The summed E-state index contributed by atoms with van der Waals surface area (Å²) in [6.07, 6.45) is 22.9. The topological polar surface area (TPSA) is 67.4 Å². The van der Waals surface area contributed by atoms with Crippen LogP contribution in [0.25, 0.3) is 0 Å². The lowest BCUT2D eigenvalue weighted by molar-refractivity contribution is -0.117. The van der Waals surface area contributed by atoms with Crippen LogP contribution in [-0.4, -0.2) is 18.5 Å². The van der Waals surface area contributed by atoms with E-state index >= 15 is 0 Å². The second kappa shape index (κ2) is 18.3. The van der Waals surface area contributed by atoms with Crippen LogP contribution >= 0.6 is 0 Å². The first-order valence-corrected chi connectivity index (χ1v) is 14.1. The van der Waals surface area contributed by atoms with E-state index in [4.69, 9.17) is 4.74 Å². The highest BCUT2D eigenvalue weighted by Crippen LogP contribution is 2.30. The second-order valence-corrected chi connectivity index (χ2v) is 9.91. The molecule has 2 rings (SSSR count). The van der Waals surface area contributed by atoms with Crippen molar-refractivity contribution in [3.05, 3.63) is 24.3 Å². The largest absolute Gasteiger partial charge is 0.412 e. The Morgan fingerprint density at radius 3 is 1.85 bits per heavy atom. The minimum absolute atomic E-state index is 0.0464. The summed E-state index contributed by atoms with van der Waals surface area (Å²) in [6.45, 7) is 2.91. The van der Waals surface area contributed by atoms with Gasteiger partial charge in [0.1, 0.15) is 5.75 Å². The van der Waals surface area contributed by atoms with Gasteiger partial charge in [-0.1, -0.05) is 109 Å². The Labute approximate surface area is 207 Å². The summed E-state index contributed by atoms with van der Waals surface area (Å²) >= 11 is 0. The molecule has 0 bridgehead atoms. The predicted molar refractivity (Wildman–Crippen MR) is 141 cm³/mol. The van der Waals surface area contributed by atoms with Crippen molar-refractivity contribution in [3.63, 3.8) is 0 Å². The van der Waals surface area contributed by atoms with E-state index in [1.54, 1.807) is 18.2 Å². The van der Waals surface area contributed by atoms with Crippen molar-refractivity contribution >= 4 is 17.7 Å². The fraction of sp³-hybridized carbons (Fsp3) is 0.724. The lowest BCUT2D eigenvalue weighted by Crippen LogP contribution is -2.27. The molecule has 34 heavy (non-hydrogen) atoms. The maximum absolute atomic E-state index is 12.0. The number of hydrogen-bond acceptors (Lipinski definition) is 3.